The Bertz CT molecular complexity index is 713. The highest BCUT2D eigenvalue weighted by atomic mass is 19.2. The van der Waals surface area contributed by atoms with Crippen molar-refractivity contribution in [2.75, 3.05) is 31.1 Å². The highest BCUT2D eigenvalue weighted by Gasteiger charge is 2.25. The van der Waals surface area contributed by atoms with E-state index in [1.54, 1.807) is 34.1 Å². The molecule has 1 fully saturated rings. The summed E-state index contributed by atoms with van der Waals surface area (Å²) in [6, 6.07) is 11.0. The number of amides is 1. The summed E-state index contributed by atoms with van der Waals surface area (Å²) in [6.07, 6.45) is 0. The zero-order valence-corrected chi connectivity index (χ0v) is 12.3. The highest BCUT2D eigenvalue weighted by molar-refractivity contribution is 5.94. The molecule has 1 amide bonds. The summed E-state index contributed by atoms with van der Waals surface area (Å²) in [6.45, 7) is 1.51. The number of piperazine rings is 1. The lowest BCUT2D eigenvalue weighted by atomic mass is 10.1. The number of halogens is 3. The topological polar surface area (TPSA) is 23.6 Å². The Hall–Kier alpha value is -2.50. The van der Waals surface area contributed by atoms with Crippen molar-refractivity contribution in [3.63, 3.8) is 0 Å². The number of nitrogens with zero attached hydrogens (tertiary/aromatic N) is 2. The third kappa shape index (κ3) is 3.02. The molecule has 120 valence electrons. The molecule has 0 unspecified atom stereocenters. The first kappa shape index (κ1) is 15.4. The van der Waals surface area contributed by atoms with Gasteiger partial charge in [-0.3, -0.25) is 4.79 Å². The maximum Gasteiger partial charge on any atom is 0.253 e. The van der Waals surface area contributed by atoms with E-state index in [2.05, 4.69) is 0 Å². The number of hydrogen-bond acceptors (Lipinski definition) is 2. The fraction of sp³-hybridized carbons (Fsp3) is 0.235. The summed E-state index contributed by atoms with van der Waals surface area (Å²) in [5, 5.41) is 0. The van der Waals surface area contributed by atoms with Gasteiger partial charge in [-0.2, -0.15) is 0 Å². The fourth-order valence-electron chi connectivity index (χ4n) is 2.67. The minimum absolute atomic E-state index is 0.0238. The first-order valence-electron chi connectivity index (χ1n) is 7.30. The molecule has 1 saturated heterocycles. The van der Waals surface area contributed by atoms with Crippen LogP contribution in [0.4, 0.5) is 18.9 Å². The molecule has 23 heavy (non-hydrogen) atoms. The lowest BCUT2D eigenvalue weighted by Crippen LogP contribution is -2.49. The van der Waals surface area contributed by atoms with Crippen LogP contribution in [0.15, 0.2) is 42.5 Å². The maximum absolute atomic E-state index is 13.8. The minimum Gasteiger partial charge on any atom is -0.366 e. The second-order valence-corrected chi connectivity index (χ2v) is 5.34. The Morgan fingerprint density at radius 1 is 0.826 bits per heavy atom. The summed E-state index contributed by atoms with van der Waals surface area (Å²) in [7, 11) is 0. The van der Waals surface area contributed by atoms with Gasteiger partial charge < -0.3 is 9.80 Å². The molecular weight excluding hydrogens is 305 g/mol. The van der Waals surface area contributed by atoms with Crippen molar-refractivity contribution in [2.45, 2.75) is 0 Å². The molecule has 0 N–H and O–H groups in total. The summed E-state index contributed by atoms with van der Waals surface area (Å²) in [5.41, 5.74) is 0.621. The molecule has 0 aromatic heterocycles. The van der Waals surface area contributed by atoms with Crippen molar-refractivity contribution in [1.29, 1.82) is 0 Å². The van der Waals surface area contributed by atoms with E-state index < -0.39 is 17.5 Å². The molecule has 0 radical (unpaired) electrons. The number of carbonyl (C=O) groups excluding carboxylic acids is 1. The van der Waals surface area contributed by atoms with Gasteiger partial charge in [-0.05, 0) is 24.3 Å². The van der Waals surface area contributed by atoms with Crippen molar-refractivity contribution in [2.24, 2.45) is 0 Å². The molecular formula is C17H15F3N2O. The van der Waals surface area contributed by atoms with Gasteiger partial charge in [-0.15, -0.1) is 0 Å². The van der Waals surface area contributed by atoms with Crippen molar-refractivity contribution >= 4 is 11.6 Å². The van der Waals surface area contributed by atoms with E-state index in [1.807, 2.05) is 6.07 Å². The number of hydrogen-bond donors (Lipinski definition) is 0. The van der Waals surface area contributed by atoms with Crippen LogP contribution >= 0.6 is 0 Å². The van der Waals surface area contributed by atoms with Crippen molar-refractivity contribution in [3.05, 3.63) is 65.5 Å². The van der Waals surface area contributed by atoms with Gasteiger partial charge in [0.15, 0.2) is 17.5 Å². The summed E-state index contributed by atoms with van der Waals surface area (Å²) >= 11 is 0. The second kappa shape index (κ2) is 6.32. The fourth-order valence-corrected chi connectivity index (χ4v) is 2.67. The van der Waals surface area contributed by atoms with Crippen LogP contribution in [0, 0.1) is 17.5 Å². The van der Waals surface area contributed by atoms with Gasteiger partial charge in [0, 0.05) is 31.7 Å². The SMILES string of the molecule is O=C(c1ccccc1)N1CCN(c2ccc(F)c(F)c2F)CC1. The molecule has 2 aromatic rings. The standard InChI is InChI=1S/C17H15F3N2O/c18-13-6-7-14(16(20)15(13)19)21-8-10-22(11-9-21)17(23)12-4-2-1-3-5-12/h1-7H,8-11H2. The molecule has 6 heteroatoms. The number of carbonyl (C=O) groups is 1. The molecule has 0 atom stereocenters. The molecule has 1 aliphatic rings. The van der Waals surface area contributed by atoms with E-state index >= 15 is 0 Å². The van der Waals surface area contributed by atoms with Gasteiger partial charge in [0.05, 0.1) is 5.69 Å². The second-order valence-electron chi connectivity index (χ2n) is 5.34. The molecule has 3 rings (SSSR count). The first-order chi connectivity index (χ1) is 11.1. The first-order valence-corrected chi connectivity index (χ1v) is 7.30. The molecule has 0 bridgehead atoms. The monoisotopic (exact) mass is 320 g/mol. The predicted molar refractivity (Wildman–Crippen MR) is 80.9 cm³/mol. The van der Waals surface area contributed by atoms with Crippen LogP contribution < -0.4 is 4.90 Å². The molecule has 0 saturated carbocycles. The van der Waals surface area contributed by atoms with Crippen LogP contribution in [-0.2, 0) is 0 Å². The van der Waals surface area contributed by atoms with Gasteiger partial charge in [0.1, 0.15) is 0 Å². The third-order valence-electron chi connectivity index (χ3n) is 3.94. The Labute approximate surface area is 131 Å². The lowest BCUT2D eigenvalue weighted by molar-refractivity contribution is 0.0746. The number of benzene rings is 2. The largest absolute Gasteiger partial charge is 0.366 e. The normalized spacial score (nSPS) is 14.9. The summed E-state index contributed by atoms with van der Waals surface area (Å²) in [4.78, 5) is 15.6. The van der Waals surface area contributed by atoms with Gasteiger partial charge in [0.2, 0.25) is 0 Å². The van der Waals surface area contributed by atoms with Crippen LogP contribution in [0.1, 0.15) is 10.4 Å². The van der Waals surface area contributed by atoms with Gasteiger partial charge in [0.25, 0.3) is 5.91 Å². The Morgan fingerprint density at radius 3 is 2.13 bits per heavy atom. The molecule has 1 aliphatic heterocycles. The molecule has 0 aliphatic carbocycles. The van der Waals surface area contributed by atoms with Crippen LogP contribution in [-0.4, -0.2) is 37.0 Å². The summed E-state index contributed by atoms with van der Waals surface area (Å²) in [5.74, 6) is -3.95. The van der Waals surface area contributed by atoms with Crippen molar-refractivity contribution in [1.82, 2.24) is 4.90 Å². The smallest absolute Gasteiger partial charge is 0.253 e. The molecule has 2 aromatic carbocycles. The van der Waals surface area contributed by atoms with Gasteiger partial charge >= 0.3 is 0 Å². The van der Waals surface area contributed by atoms with Crippen molar-refractivity contribution in [3.8, 4) is 0 Å². The third-order valence-corrected chi connectivity index (χ3v) is 3.94. The van der Waals surface area contributed by atoms with E-state index in [-0.39, 0.29) is 11.6 Å². The molecule has 3 nitrogen and oxygen atoms in total. The van der Waals surface area contributed by atoms with Crippen LogP contribution in [0.3, 0.4) is 0 Å². The van der Waals surface area contributed by atoms with E-state index in [4.69, 9.17) is 0 Å². The number of rotatable bonds is 2. The quantitative estimate of drug-likeness (QED) is 0.794. The molecule has 1 heterocycles. The Kier molecular flexibility index (Phi) is 4.23. The van der Waals surface area contributed by atoms with Crippen molar-refractivity contribution < 1.29 is 18.0 Å². The zero-order chi connectivity index (χ0) is 16.4. The van der Waals surface area contributed by atoms with Crippen LogP contribution in [0.2, 0.25) is 0 Å². The van der Waals surface area contributed by atoms with E-state index in [0.717, 1.165) is 6.07 Å². The molecule has 0 spiro atoms. The lowest BCUT2D eigenvalue weighted by Gasteiger charge is -2.36. The highest BCUT2D eigenvalue weighted by Crippen LogP contribution is 2.24. The van der Waals surface area contributed by atoms with Crippen LogP contribution in [0.5, 0.6) is 0 Å². The Balaban J connectivity index is 1.69. The van der Waals surface area contributed by atoms with E-state index in [1.165, 1.54) is 6.07 Å². The summed E-state index contributed by atoms with van der Waals surface area (Å²) < 4.78 is 40.2. The minimum atomic E-state index is -1.47. The van der Waals surface area contributed by atoms with Gasteiger partial charge in [-0.25, -0.2) is 13.2 Å². The average Bonchev–Trinajstić information content (AvgIpc) is 2.60. The number of anilines is 1. The van der Waals surface area contributed by atoms with Crippen LogP contribution in [0.25, 0.3) is 0 Å². The maximum atomic E-state index is 13.8. The van der Waals surface area contributed by atoms with E-state index in [9.17, 15) is 18.0 Å². The van der Waals surface area contributed by atoms with E-state index in [0.29, 0.717) is 31.7 Å². The van der Waals surface area contributed by atoms with Gasteiger partial charge in [-0.1, -0.05) is 18.2 Å². The zero-order valence-electron chi connectivity index (χ0n) is 12.3. The Morgan fingerprint density at radius 2 is 1.48 bits per heavy atom. The average molecular weight is 320 g/mol. The predicted octanol–water partition coefficient (Wildman–Crippen LogP) is 3.07.